The molecule has 1 rings (SSSR count). The van der Waals surface area contributed by atoms with Gasteiger partial charge in [0.25, 0.3) is 0 Å². The molecule has 0 aliphatic heterocycles. The minimum absolute atomic E-state index is 0. The van der Waals surface area contributed by atoms with Crippen molar-refractivity contribution in [1.82, 2.24) is 0 Å². The van der Waals surface area contributed by atoms with Gasteiger partial charge in [-0.25, -0.2) is 0 Å². The number of nitrogens with one attached hydrogen (secondary N) is 1. The van der Waals surface area contributed by atoms with Crippen molar-refractivity contribution in [3.05, 3.63) is 30.3 Å². The molecule has 0 spiro atoms. The molecule has 1 N–H and O–H groups in total. The Bertz CT molecular complexity index is 162. The summed E-state index contributed by atoms with van der Waals surface area (Å²) in [5, 5.41) is 3.21. The molecule has 0 aliphatic carbocycles. The van der Waals surface area contributed by atoms with Crippen molar-refractivity contribution in [3.63, 3.8) is 0 Å². The molecule has 0 amide bonds. The number of anilines is 1. The first kappa shape index (κ1) is 9.94. The van der Waals surface area contributed by atoms with Crippen molar-refractivity contribution in [1.29, 1.82) is 0 Å². The zero-order valence-electron chi connectivity index (χ0n) is 6.30. The van der Waals surface area contributed by atoms with E-state index in [0.29, 0.717) is 0 Å². The zero-order valence-corrected chi connectivity index (χ0v) is 11.8. The molecule has 10 heavy (non-hydrogen) atoms. The van der Waals surface area contributed by atoms with Gasteiger partial charge in [-0.1, -0.05) is 18.2 Å². The van der Waals surface area contributed by atoms with Gasteiger partial charge in [0.2, 0.25) is 0 Å². The Morgan fingerprint density at radius 1 is 1.20 bits per heavy atom. The van der Waals surface area contributed by atoms with Crippen LogP contribution in [0.2, 0.25) is 0 Å². The quantitative estimate of drug-likeness (QED) is 0.804. The van der Waals surface area contributed by atoms with E-state index in [0.717, 1.165) is 6.54 Å². The molecule has 0 aliphatic rings. The van der Waals surface area contributed by atoms with E-state index in [-0.39, 0.29) is 27.3 Å². The maximum absolute atomic E-state index is 3.21. The first-order valence-electron chi connectivity index (χ1n) is 3.22. The van der Waals surface area contributed by atoms with Crippen LogP contribution in [0.3, 0.4) is 0 Å². The molecule has 0 heterocycles. The van der Waals surface area contributed by atoms with Crippen LogP contribution in [0.1, 0.15) is 6.92 Å². The van der Waals surface area contributed by atoms with Crippen molar-refractivity contribution in [2.75, 3.05) is 11.9 Å². The van der Waals surface area contributed by atoms with Crippen LogP contribution in [0.5, 0.6) is 0 Å². The van der Waals surface area contributed by atoms with Crippen LogP contribution < -0.4 is 5.32 Å². The van der Waals surface area contributed by atoms with E-state index in [1.54, 1.807) is 0 Å². The van der Waals surface area contributed by atoms with Crippen molar-refractivity contribution < 1.29 is 0 Å². The van der Waals surface area contributed by atoms with Crippen LogP contribution in [0.25, 0.3) is 0 Å². The van der Waals surface area contributed by atoms with E-state index in [2.05, 4.69) is 24.4 Å². The molecular weight excluding hydrogens is 317 g/mol. The Hall–Kier alpha value is -0.0579. The van der Waals surface area contributed by atoms with Gasteiger partial charge in [0, 0.05) is 12.2 Å². The van der Waals surface area contributed by atoms with Gasteiger partial charge in [-0.3, -0.25) is 0 Å². The number of hydrogen-bond donors (Lipinski definition) is 1. The van der Waals surface area contributed by atoms with Gasteiger partial charge in [-0.2, -0.15) is 0 Å². The van der Waals surface area contributed by atoms with Crippen LogP contribution >= 0.6 is 0 Å². The van der Waals surface area contributed by atoms with Gasteiger partial charge in [0.1, 0.15) is 0 Å². The fourth-order valence-corrected chi connectivity index (χ4v) is 0.760. The van der Waals surface area contributed by atoms with Crippen molar-refractivity contribution in [3.8, 4) is 0 Å². The molecule has 0 fully saturated rings. The summed E-state index contributed by atoms with van der Waals surface area (Å²) in [4.78, 5) is 0. The minimum atomic E-state index is 0. The molecule has 54 valence electrons. The van der Waals surface area contributed by atoms with Gasteiger partial charge in [-0.15, -0.1) is 0 Å². The molecule has 1 nitrogen and oxygen atoms in total. The third-order valence-corrected chi connectivity index (χ3v) is 1.15. The third-order valence-electron chi connectivity index (χ3n) is 1.15. The van der Waals surface area contributed by atoms with E-state index in [4.69, 9.17) is 0 Å². The van der Waals surface area contributed by atoms with Gasteiger partial charge in [0.05, 0.1) is 0 Å². The first-order valence-corrected chi connectivity index (χ1v) is 3.22. The predicted molar refractivity (Wildman–Crippen MR) is 49.1 cm³/mol. The van der Waals surface area contributed by atoms with E-state index in [9.17, 15) is 0 Å². The molecule has 0 saturated heterocycles. The summed E-state index contributed by atoms with van der Waals surface area (Å²) in [7, 11) is 0. The second-order valence-electron chi connectivity index (χ2n) is 1.90. The second-order valence-corrected chi connectivity index (χ2v) is 1.90. The van der Waals surface area contributed by atoms with E-state index >= 15 is 0 Å². The summed E-state index contributed by atoms with van der Waals surface area (Å²) in [6.45, 7) is 3.08. The summed E-state index contributed by atoms with van der Waals surface area (Å²) in [6.07, 6.45) is 0. The van der Waals surface area contributed by atoms with E-state index in [1.165, 1.54) is 5.69 Å². The molecule has 1 aromatic carbocycles. The predicted octanol–water partition coefficient (Wildman–Crippen LogP) is 1.20. The van der Waals surface area contributed by atoms with Crippen LogP contribution in [0.15, 0.2) is 30.3 Å². The van der Waals surface area contributed by atoms with E-state index < -0.39 is 0 Å². The average molecular weight is 330 g/mol. The van der Waals surface area contributed by atoms with Crippen LogP contribution in [-0.2, 0) is 0 Å². The second kappa shape index (κ2) is 5.71. The summed E-state index contributed by atoms with van der Waals surface area (Å²) >= 11 is 0. The molecule has 0 bridgehead atoms. The van der Waals surface area contributed by atoms with Crippen LogP contribution in [0, 0.1) is 0 Å². The first-order chi connectivity index (χ1) is 4.43. The topological polar surface area (TPSA) is 12.0 Å². The summed E-state index contributed by atoms with van der Waals surface area (Å²) < 4.78 is 0. The summed E-state index contributed by atoms with van der Waals surface area (Å²) in [5.41, 5.74) is 1.19. The monoisotopic (exact) mass is 331 g/mol. The number of rotatable bonds is 2. The number of hydrogen-bond acceptors (Lipinski definition) is 1. The van der Waals surface area contributed by atoms with Crippen molar-refractivity contribution >= 4 is 33.0 Å². The van der Waals surface area contributed by atoms with Gasteiger partial charge >= 0.3 is 27.3 Å². The molecule has 2 radical (unpaired) electrons. The molecular formula is C8H13NPb. The van der Waals surface area contributed by atoms with Crippen LogP contribution in [0.4, 0.5) is 5.69 Å². The zero-order chi connectivity index (χ0) is 6.53. The Labute approximate surface area is 82.0 Å². The summed E-state index contributed by atoms with van der Waals surface area (Å²) in [5.74, 6) is 0. The van der Waals surface area contributed by atoms with Crippen LogP contribution in [-0.4, -0.2) is 33.8 Å². The van der Waals surface area contributed by atoms with Crippen molar-refractivity contribution in [2.24, 2.45) is 0 Å². The molecule has 0 aromatic heterocycles. The molecule has 0 saturated carbocycles. The molecule has 0 unspecified atom stereocenters. The Kier molecular flexibility index (Phi) is 5.67. The van der Waals surface area contributed by atoms with Crippen molar-refractivity contribution in [2.45, 2.75) is 6.92 Å². The number of benzene rings is 1. The number of para-hydroxylation sites is 1. The molecule has 1 aromatic rings. The Morgan fingerprint density at radius 3 is 2.30 bits per heavy atom. The SMILES string of the molecule is CCNc1ccccc1.[PbH2]. The van der Waals surface area contributed by atoms with Gasteiger partial charge < -0.3 is 5.32 Å². The fourth-order valence-electron chi connectivity index (χ4n) is 0.760. The third kappa shape index (κ3) is 3.20. The van der Waals surface area contributed by atoms with Gasteiger partial charge in [-0.05, 0) is 19.1 Å². The average Bonchev–Trinajstić information content (AvgIpc) is 1.91. The Balaban J connectivity index is 0.000000810. The Morgan fingerprint density at radius 2 is 1.80 bits per heavy atom. The summed E-state index contributed by atoms with van der Waals surface area (Å²) in [6, 6.07) is 10.2. The fraction of sp³-hybridized carbons (Fsp3) is 0.250. The van der Waals surface area contributed by atoms with Gasteiger partial charge in [0.15, 0.2) is 0 Å². The normalized spacial score (nSPS) is 8.10. The molecule has 0 atom stereocenters. The maximum atomic E-state index is 3.21. The standard InChI is InChI=1S/C8H11N.Pb.2H/c1-2-9-8-6-4-3-5-7-8;;;/h3-7,9H,2H2,1H3;;;. The van der Waals surface area contributed by atoms with E-state index in [1.807, 2.05) is 18.2 Å². The molecule has 2 heteroatoms.